The van der Waals surface area contributed by atoms with Crippen molar-refractivity contribution in [3.8, 4) is 0 Å². The summed E-state index contributed by atoms with van der Waals surface area (Å²) in [5.74, 6) is -0.0884. The van der Waals surface area contributed by atoms with E-state index in [2.05, 4.69) is 5.32 Å². The molecule has 0 fully saturated rings. The second-order valence-electron chi connectivity index (χ2n) is 2.44. The van der Waals surface area contributed by atoms with Gasteiger partial charge in [0.2, 0.25) is 5.91 Å². The fourth-order valence-corrected chi connectivity index (χ4v) is 0.606. The van der Waals surface area contributed by atoms with Crippen molar-refractivity contribution in [1.82, 2.24) is 5.32 Å². The predicted molar refractivity (Wildman–Crippen MR) is 46.1 cm³/mol. The maximum absolute atomic E-state index is 10.8. The third kappa shape index (κ3) is 5.61. The number of nitrogens with two attached hydrogens (primary N) is 1. The van der Waals surface area contributed by atoms with E-state index >= 15 is 0 Å². The van der Waals surface area contributed by atoms with Gasteiger partial charge >= 0.3 is 0 Å². The lowest BCUT2D eigenvalue weighted by Gasteiger charge is -2.05. The van der Waals surface area contributed by atoms with Crippen LogP contribution in [0.1, 0.15) is 20.3 Å². The molecule has 0 aromatic carbocycles. The van der Waals surface area contributed by atoms with E-state index in [4.69, 9.17) is 5.73 Å². The van der Waals surface area contributed by atoms with Crippen molar-refractivity contribution in [2.75, 3.05) is 6.54 Å². The third-order valence-corrected chi connectivity index (χ3v) is 1.26. The Labute approximate surface area is 67.7 Å². The first-order valence-corrected chi connectivity index (χ1v) is 3.83. The molecule has 1 atom stereocenters. The van der Waals surface area contributed by atoms with Crippen LogP contribution in [0.15, 0.2) is 12.2 Å². The first-order valence-electron chi connectivity index (χ1n) is 3.83. The number of hydrogen-bond donors (Lipinski definition) is 2. The maximum Gasteiger partial charge on any atom is 0.236 e. The summed E-state index contributed by atoms with van der Waals surface area (Å²) < 4.78 is 0. The molecular formula is C8H16N2O. The van der Waals surface area contributed by atoms with Crippen LogP contribution < -0.4 is 11.1 Å². The van der Waals surface area contributed by atoms with Crippen LogP contribution in [-0.4, -0.2) is 18.5 Å². The summed E-state index contributed by atoms with van der Waals surface area (Å²) >= 11 is 0. The highest BCUT2D eigenvalue weighted by Crippen LogP contribution is 1.80. The number of allylic oxidation sites excluding steroid dienone is 1. The van der Waals surface area contributed by atoms with E-state index in [1.165, 1.54) is 0 Å². The fraction of sp³-hybridized carbons (Fsp3) is 0.625. The molecule has 11 heavy (non-hydrogen) atoms. The lowest BCUT2D eigenvalue weighted by Crippen LogP contribution is -2.38. The Bertz CT molecular complexity index is 141. The van der Waals surface area contributed by atoms with Gasteiger partial charge in [-0.05, 0) is 20.3 Å². The van der Waals surface area contributed by atoms with Gasteiger partial charge in [0.15, 0.2) is 0 Å². The predicted octanol–water partition coefficient (Wildman–Crippen LogP) is 0.416. The van der Waals surface area contributed by atoms with Gasteiger partial charge in [-0.2, -0.15) is 0 Å². The molecule has 0 aromatic heterocycles. The molecule has 0 saturated heterocycles. The molecule has 0 aliphatic heterocycles. The molecule has 0 aliphatic rings. The Hall–Kier alpha value is -0.830. The van der Waals surface area contributed by atoms with Crippen molar-refractivity contribution in [3.05, 3.63) is 12.2 Å². The Kier molecular flexibility index (Phi) is 5.47. The largest absolute Gasteiger partial charge is 0.354 e. The van der Waals surface area contributed by atoms with Crippen LogP contribution in [0.25, 0.3) is 0 Å². The van der Waals surface area contributed by atoms with E-state index in [-0.39, 0.29) is 5.91 Å². The molecule has 0 heterocycles. The zero-order chi connectivity index (χ0) is 8.69. The molecule has 3 nitrogen and oxygen atoms in total. The van der Waals surface area contributed by atoms with Crippen molar-refractivity contribution in [2.24, 2.45) is 5.73 Å². The highest BCUT2D eigenvalue weighted by atomic mass is 16.2. The van der Waals surface area contributed by atoms with Gasteiger partial charge in [0.25, 0.3) is 0 Å². The summed E-state index contributed by atoms with van der Waals surface area (Å²) in [4.78, 5) is 10.8. The molecule has 1 amide bonds. The molecular weight excluding hydrogens is 140 g/mol. The van der Waals surface area contributed by atoms with E-state index in [1.807, 2.05) is 19.1 Å². The third-order valence-electron chi connectivity index (χ3n) is 1.26. The zero-order valence-electron chi connectivity index (χ0n) is 7.13. The van der Waals surface area contributed by atoms with E-state index in [9.17, 15) is 4.79 Å². The van der Waals surface area contributed by atoms with Crippen molar-refractivity contribution in [1.29, 1.82) is 0 Å². The second-order valence-corrected chi connectivity index (χ2v) is 2.44. The summed E-state index contributed by atoms with van der Waals surface area (Å²) in [5, 5.41) is 2.70. The van der Waals surface area contributed by atoms with Gasteiger partial charge in [0, 0.05) is 6.54 Å². The molecule has 3 N–H and O–H groups in total. The quantitative estimate of drug-likeness (QED) is 0.457. The summed E-state index contributed by atoms with van der Waals surface area (Å²) in [6.45, 7) is 4.29. The molecule has 0 spiro atoms. The Morgan fingerprint density at radius 3 is 2.82 bits per heavy atom. The SMILES string of the molecule is C/C=C/CCNC(=O)[C@@H](C)N. The van der Waals surface area contributed by atoms with Crippen LogP contribution in [0.5, 0.6) is 0 Å². The molecule has 0 aliphatic carbocycles. The summed E-state index contributed by atoms with van der Waals surface area (Å²) in [5.41, 5.74) is 5.32. The van der Waals surface area contributed by atoms with Crippen LogP contribution >= 0.6 is 0 Å². The van der Waals surface area contributed by atoms with Crippen LogP contribution in [0.2, 0.25) is 0 Å². The Balaban J connectivity index is 3.32. The first kappa shape index (κ1) is 10.2. The maximum atomic E-state index is 10.8. The lowest BCUT2D eigenvalue weighted by molar-refractivity contribution is -0.121. The molecule has 0 rings (SSSR count). The van der Waals surface area contributed by atoms with Crippen LogP contribution in [-0.2, 0) is 4.79 Å². The first-order chi connectivity index (χ1) is 5.18. The molecule has 0 unspecified atom stereocenters. The Morgan fingerprint density at radius 2 is 2.36 bits per heavy atom. The average molecular weight is 156 g/mol. The van der Waals surface area contributed by atoms with E-state index < -0.39 is 6.04 Å². The number of amides is 1. The summed E-state index contributed by atoms with van der Waals surface area (Å²) in [6, 6.07) is -0.402. The minimum Gasteiger partial charge on any atom is -0.354 e. The van der Waals surface area contributed by atoms with Crippen molar-refractivity contribution in [2.45, 2.75) is 26.3 Å². The fourth-order valence-electron chi connectivity index (χ4n) is 0.606. The van der Waals surface area contributed by atoms with Gasteiger partial charge in [0.05, 0.1) is 6.04 Å². The number of rotatable bonds is 4. The van der Waals surface area contributed by atoms with Gasteiger partial charge < -0.3 is 11.1 Å². The molecule has 3 heteroatoms. The van der Waals surface area contributed by atoms with Crippen LogP contribution in [0.4, 0.5) is 0 Å². The zero-order valence-corrected chi connectivity index (χ0v) is 7.13. The number of nitrogens with one attached hydrogen (secondary N) is 1. The van der Waals surface area contributed by atoms with E-state index in [0.717, 1.165) is 6.42 Å². The van der Waals surface area contributed by atoms with Crippen LogP contribution in [0, 0.1) is 0 Å². The van der Waals surface area contributed by atoms with Crippen LogP contribution in [0.3, 0.4) is 0 Å². The minimum atomic E-state index is -0.402. The van der Waals surface area contributed by atoms with E-state index in [0.29, 0.717) is 6.54 Å². The van der Waals surface area contributed by atoms with Gasteiger partial charge in [-0.3, -0.25) is 4.79 Å². The lowest BCUT2D eigenvalue weighted by atomic mass is 10.3. The molecule has 0 saturated carbocycles. The average Bonchev–Trinajstić information content (AvgIpc) is 1.97. The molecule has 0 radical (unpaired) electrons. The molecule has 0 bridgehead atoms. The monoisotopic (exact) mass is 156 g/mol. The molecule has 64 valence electrons. The highest BCUT2D eigenvalue weighted by Gasteiger charge is 2.03. The summed E-state index contributed by atoms with van der Waals surface area (Å²) in [7, 11) is 0. The Morgan fingerprint density at radius 1 is 1.73 bits per heavy atom. The number of carbonyl (C=O) groups excluding carboxylic acids is 1. The van der Waals surface area contributed by atoms with Gasteiger partial charge in [-0.1, -0.05) is 12.2 Å². The molecule has 0 aromatic rings. The number of hydrogen-bond acceptors (Lipinski definition) is 2. The van der Waals surface area contributed by atoms with Crippen molar-refractivity contribution in [3.63, 3.8) is 0 Å². The minimum absolute atomic E-state index is 0.0884. The van der Waals surface area contributed by atoms with E-state index in [1.54, 1.807) is 6.92 Å². The second kappa shape index (κ2) is 5.92. The standard InChI is InChI=1S/C8H16N2O/c1-3-4-5-6-10-8(11)7(2)9/h3-4,7H,5-6,9H2,1-2H3,(H,10,11)/b4-3+/t7-/m1/s1. The van der Waals surface area contributed by atoms with Crippen molar-refractivity contribution >= 4 is 5.91 Å². The normalized spacial score (nSPS) is 13.4. The highest BCUT2D eigenvalue weighted by molar-refractivity contribution is 5.80. The smallest absolute Gasteiger partial charge is 0.236 e. The summed E-state index contributed by atoms with van der Waals surface area (Å²) in [6.07, 6.45) is 4.83. The van der Waals surface area contributed by atoms with Gasteiger partial charge in [-0.15, -0.1) is 0 Å². The number of carbonyl (C=O) groups is 1. The van der Waals surface area contributed by atoms with Gasteiger partial charge in [0.1, 0.15) is 0 Å². The van der Waals surface area contributed by atoms with Crippen molar-refractivity contribution < 1.29 is 4.79 Å². The topological polar surface area (TPSA) is 55.1 Å². The van der Waals surface area contributed by atoms with Gasteiger partial charge in [-0.25, -0.2) is 0 Å².